The minimum absolute atomic E-state index is 0.163. The maximum atomic E-state index is 10.9. The molecule has 0 saturated heterocycles. The van der Waals surface area contributed by atoms with Gasteiger partial charge in [-0.25, -0.2) is 0 Å². The van der Waals surface area contributed by atoms with E-state index in [9.17, 15) is 4.79 Å². The second-order valence-corrected chi connectivity index (χ2v) is 7.61. The molecule has 3 aromatic rings. The van der Waals surface area contributed by atoms with Crippen molar-refractivity contribution in [3.63, 3.8) is 0 Å². The molecule has 0 aliphatic heterocycles. The van der Waals surface area contributed by atoms with Crippen LogP contribution in [0.4, 0.5) is 0 Å². The van der Waals surface area contributed by atoms with Gasteiger partial charge in [0.2, 0.25) is 0 Å². The number of aliphatic carboxylic acids is 1. The highest BCUT2D eigenvalue weighted by molar-refractivity contribution is 5.68. The standard InChI is InChI=1S/C24H25NO2/c1-17-10-12-20-16-23(19-7-3-2-4-8-19)25(22(20)14-17)21-9-5-6-18(15-21)11-13-24(26)27/h2-9,15-17H,10-14H2,1H3,(H,26,27). The molecule has 3 heteroatoms. The first-order valence-electron chi connectivity index (χ1n) is 9.72. The zero-order chi connectivity index (χ0) is 18.8. The van der Waals surface area contributed by atoms with Crippen molar-refractivity contribution in [1.82, 2.24) is 4.57 Å². The molecular formula is C24H25NO2. The fourth-order valence-corrected chi connectivity index (χ4v) is 4.09. The minimum atomic E-state index is -0.752. The lowest BCUT2D eigenvalue weighted by molar-refractivity contribution is -0.136. The molecule has 4 rings (SSSR count). The molecular weight excluding hydrogens is 334 g/mol. The van der Waals surface area contributed by atoms with Crippen molar-refractivity contribution in [1.29, 1.82) is 0 Å². The highest BCUT2D eigenvalue weighted by Gasteiger charge is 2.23. The van der Waals surface area contributed by atoms with Crippen molar-refractivity contribution in [3.8, 4) is 16.9 Å². The van der Waals surface area contributed by atoms with Crippen molar-refractivity contribution in [2.45, 2.75) is 39.0 Å². The van der Waals surface area contributed by atoms with Crippen LogP contribution in [0.3, 0.4) is 0 Å². The smallest absolute Gasteiger partial charge is 0.303 e. The van der Waals surface area contributed by atoms with E-state index in [1.54, 1.807) is 0 Å². The predicted octanol–water partition coefficient (Wildman–Crippen LogP) is 5.29. The summed E-state index contributed by atoms with van der Waals surface area (Å²) in [5.41, 5.74) is 7.50. The number of hydrogen-bond acceptors (Lipinski definition) is 1. The Hall–Kier alpha value is -2.81. The number of aryl methyl sites for hydroxylation is 2. The van der Waals surface area contributed by atoms with E-state index in [0.717, 1.165) is 24.1 Å². The number of carbonyl (C=O) groups is 1. The van der Waals surface area contributed by atoms with E-state index in [2.05, 4.69) is 54.0 Å². The molecule has 0 saturated carbocycles. The minimum Gasteiger partial charge on any atom is -0.481 e. The van der Waals surface area contributed by atoms with Gasteiger partial charge in [-0.05, 0) is 66.5 Å². The molecule has 0 spiro atoms. The van der Waals surface area contributed by atoms with E-state index < -0.39 is 5.97 Å². The summed E-state index contributed by atoms with van der Waals surface area (Å²) < 4.78 is 2.39. The van der Waals surface area contributed by atoms with Crippen LogP contribution in [0, 0.1) is 5.92 Å². The van der Waals surface area contributed by atoms with Gasteiger partial charge < -0.3 is 9.67 Å². The van der Waals surface area contributed by atoms with E-state index in [-0.39, 0.29) is 6.42 Å². The van der Waals surface area contributed by atoms with Gasteiger partial charge in [-0.2, -0.15) is 0 Å². The molecule has 1 atom stereocenters. The summed E-state index contributed by atoms with van der Waals surface area (Å²) in [6.45, 7) is 2.33. The lowest BCUT2D eigenvalue weighted by atomic mass is 9.89. The van der Waals surface area contributed by atoms with Crippen molar-refractivity contribution in [3.05, 3.63) is 77.5 Å². The molecule has 1 heterocycles. The van der Waals surface area contributed by atoms with Gasteiger partial charge in [0.25, 0.3) is 0 Å². The first-order valence-corrected chi connectivity index (χ1v) is 9.72. The van der Waals surface area contributed by atoms with Crippen LogP contribution in [-0.4, -0.2) is 15.6 Å². The van der Waals surface area contributed by atoms with Crippen molar-refractivity contribution in [2.75, 3.05) is 0 Å². The molecule has 0 amide bonds. The van der Waals surface area contributed by atoms with Gasteiger partial charge in [-0.1, -0.05) is 49.4 Å². The summed E-state index contributed by atoms with van der Waals surface area (Å²) >= 11 is 0. The maximum absolute atomic E-state index is 10.9. The Labute approximate surface area is 160 Å². The number of carboxylic acid groups (broad SMARTS) is 1. The molecule has 1 N–H and O–H groups in total. The van der Waals surface area contributed by atoms with Crippen LogP contribution in [0.5, 0.6) is 0 Å². The summed E-state index contributed by atoms with van der Waals surface area (Å²) in [5, 5.41) is 9.00. The number of rotatable bonds is 5. The molecule has 27 heavy (non-hydrogen) atoms. The Bertz CT molecular complexity index is 956. The summed E-state index contributed by atoms with van der Waals surface area (Å²) in [4.78, 5) is 10.9. The predicted molar refractivity (Wildman–Crippen MR) is 108 cm³/mol. The third kappa shape index (κ3) is 3.68. The molecule has 0 bridgehead atoms. The SMILES string of the molecule is CC1CCc2cc(-c3ccccc3)n(-c3cccc(CCC(=O)O)c3)c2C1. The van der Waals surface area contributed by atoms with E-state index in [0.29, 0.717) is 12.3 Å². The number of carboxylic acids is 1. The summed E-state index contributed by atoms with van der Waals surface area (Å²) in [6.07, 6.45) is 4.17. The van der Waals surface area contributed by atoms with Crippen molar-refractivity contribution < 1.29 is 9.90 Å². The highest BCUT2D eigenvalue weighted by Crippen LogP contribution is 2.35. The number of hydrogen-bond donors (Lipinski definition) is 1. The van der Waals surface area contributed by atoms with Crippen LogP contribution < -0.4 is 0 Å². The first kappa shape index (κ1) is 17.6. The summed E-state index contributed by atoms with van der Waals surface area (Å²) in [5.74, 6) is -0.0671. The van der Waals surface area contributed by atoms with Crippen molar-refractivity contribution >= 4 is 5.97 Å². The lowest BCUT2D eigenvalue weighted by Gasteiger charge is -2.22. The maximum Gasteiger partial charge on any atom is 0.303 e. The fraction of sp³-hybridized carbons (Fsp3) is 0.292. The lowest BCUT2D eigenvalue weighted by Crippen LogP contribution is -2.14. The van der Waals surface area contributed by atoms with Gasteiger partial charge in [0.1, 0.15) is 0 Å². The molecule has 1 unspecified atom stereocenters. The van der Waals surface area contributed by atoms with Crippen LogP contribution in [0.2, 0.25) is 0 Å². The third-order valence-electron chi connectivity index (χ3n) is 5.51. The molecule has 3 nitrogen and oxygen atoms in total. The molecule has 1 aliphatic carbocycles. The van der Waals surface area contributed by atoms with Gasteiger partial charge in [-0.3, -0.25) is 4.79 Å². The van der Waals surface area contributed by atoms with E-state index in [1.807, 2.05) is 18.2 Å². The van der Waals surface area contributed by atoms with Gasteiger partial charge in [0.15, 0.2) is 0 Å². The third-order valence-corrected chi connectivity index (χ3v) is 5.51. The monoisotopic (exact) mass is 359 g/mol. The van der Waals surface area contributed by atoms with Gasteiger partial charge >= 0.3 is 5.97 Å². The van der Waals surface area contributed by atoms with E-state index >= 15 is 0 Å². The molecule has 2 aromatic carbocycles. The van der Waals surface area contributed by atoms with Crippen LogP contribution >= 0.6 is 0 Å². The Morgan fingerprint density at radius 1 is 1.11 bits per heavy atom. The molecule has 0 fully saturated rings. The van der Waals surface area contributed by atoms with E-state index in [1.165, 1.54) is 28.9 Å². The van der Waals surface area contributed by atoms with Crippen LogP contribution in [0.25, 0.3) is 16.9 Å². The molecule has 138 valence electrons. The van der Waals surface area contributed by atoms with E-state index in [4.69, 9.17) is 5.11 Å². The zero-order valence-electron chi connectivity index (χ0n) is 15.7. The normalized spacial score (nSPS) is 16.1. The van der Waals surface area contributed by atoms with Crippen LogP contribution in [0.15, 0.2) is 60.7 Å². The number of aromatic nitrogens is 1. The highest BCUT2D eigenvalue weighted by atomic mass is 16.4. The molecule has 1 aliphatic rings. The Morgan fingerprint density at radius 3 is 2.70 bits per heavy atom. The average molecular weight is 359 g/mol. The van der Waals surface area contributed by atoms with Crippen LogP contribution in [-0.2, 0) is 24.1 Å². The molecule has 1 aromatic heterocycles. The zero-order valence-corrected chi connectivity index (χ0v) is 15.7. The van der Waals surface area contributed by atoms with Crippen molar-refractivity contribution in [2.24, 2.45) is 5.92 Å². The molecule has 0 radical (unpaired) electrons. The summed E-state index contributed by atoms with van der Waals surface area (Å²) in [7, 11) is 0. The Morgan fingerprint density at radius 2 is 1.93 bits per heavy atom. The Kier molecular flexibility index (Phi) is 4.85. The Balaban J connectivity index is 1.83. The average Bonchev–Trinajstić information content (AvgIpc) is 3.06. The number of fused-ring (bicyclic) bond motifs is 1. The quantitative estimate of drug-likeness (QED) is 0.673. The second-order valence-electron chi connectivity index (χ2n) is 7.61. The van der Waals surface area contributed by atoms with Gasteiger partial charge in [0.05, 0.1) is 5.69 Å². The largest absolute Gasteiger partial charge is 0.481 e. The first-order chi connectivity index (χ1) is 13.1. The van der Waals surface area contributed by atoms with Gasteiger partial charge in [0, 0.05) is 17.8 Å². The second kappa shape index (κ2) is 7.43. The fourth-order valence-electron chi connectivity index (χ4n) is 4.09. The summed E-state index contributed by atoms with van der Waals surface area (Å²) in [6, 6.07) is 21.2. The number of benzene rings is 2. The van der Waals surface area contributed by atoms with Crippen LogP contribution in [0.1, 0.15) is 36.6 Å². The van der Waals surface area contributed by atoms with Gasteiger partial charge in [-0.15, -0.1) is 0 Å². The number of nitrogens with zero attached hydrogens (tertiary/aromatic N) is 1. The topological polar surface area (TPSA) is 42.2 Å².